The molecule has 0 aliphatic carbocycles. The molecule has 0 saturated heterocycles. The van der Waals surface area contributed by atoms with Crippen molar-refractivity contribution >= 4 is 21.7 Å². The summed E-state index contributed by atoms with van der Waals surface area (Å²) in [5, 5.41) is 2.92. The number of hydrogen-bond acceptors (Lipinski definition) is 4. The Kier molecular flexibility index (Phi) is 4.31. The predicted octanol–water partition coefficient (Wildman–Crippen LogP) is 3.77. The highest BCUT2D eigenvalue weighted by atomic mass is 79.9. The summed E-state index contributed by atoms with van der Waals surface area (Å²) in [5.41, 5.74) is 0. The second-order valence-electron chi connectivity index (χ2n) is 3.79. The smallest absolute Gasteiger partial charge is 0.224 e. The van der Waals surface area contributed by atoms with Crippen LogP contribution < -0.4 is 10.1 Å². The number of nitrogens with one attached hydrogen (secondary N) is 1. The van der Waals surface area contributed by atoms with Crippen LogP contribution in [-0.2, 0) is 6.42 Å². The Morgan fingerprint density at radius 2 is 2.11 bits per heavy atom. The van der Waals surface area contributed by atoms with Crippen LogP contribution in [0.1, 0.15) is 12.7 Å². The highest BCUT2D eigenvalue weighted by molar-refractivity contribution is 9.10. The standard InChI is InChI=1S/C13H13BrFN3O/c1-3-11-17-12(16-2)7-13(18-11)19-10-6-8(14)4-5-9(10)15/h4-7H,3H2,1-2H3,(H,16,17,18). The van der Waals surface area contributed by atoms with Gasteiger partial charge in [-0.05, 0) is 18.2 Å². The first-order valence-corrected chi connectivity index (χ1v) is 6.60. The number of benzene rings is 1. The summed E-state index contributed by atoms with van der Waals surface area (Å²) in [4.78, 5) is 8.46. The lowest BCUT2D eigenvalue weighted by atomic mass is 10.3. The van der Waals surface area contributed by atoms with Crippen LogP contribution in [0.25, 0.3) is 0 Å². The van der Waals surface area contributed by atoms with Gasteiger partial charge >= 0.3 is 0 Å². The van der Waals surface area contributed by atoms with Gasteiger partial charge in [-0.3, -0.25) is 0 Å². The average Bonchev–Trinajstić information content (AvgIpc) is 2.42. The van der Waals surface area contributed by atoms with Crippen molar-refractivity contribution in [2.45, 2.75) is 13.3 Å². The first-order valence-electron chi connectivity index (χ1n) is 5.81. The summed E-state index contributed by atoms with van der Waals surface area (Å²) in [5.74, 6) is 1.27. The maximum Gasteiger partial charge on any atom is 0.224 e. The molecule has 2 aromatic rings. The van der Waals surface area contributed by atoms with E-state index in [1.807, 2.05) is 6.92 Å². The molecule has 1 N–H and O–H groups in total. The number of ether oxygens (including phenoxy) is 1. The molecule has 0 saturated carbocycles. The molecule has 1 heterocycles. The maximum absolute atomic E-state index is 13.6. The van der Waals surface area contributed by atoms with Crippen LogP contribution in [0.3, 0.4) is 0 Å². The fourth-order valence-corrected chi connectivity index (χ4v) is 1.82. The lowest BCUT2D eigenvalue weighted by molar-refractivity contribution is 0.424. The number of halogens is 2. The van der Waals surface area contributed by atoms with Crippen molar-refractivity contribution in [2.24, 2.45) is 0 Å². The minimum absolute atomic E-state index is 0.122. The molecule has 0 aliphatic rings. The van der Waals surface area contributed by atoms with Crippen LogP contribution in [-0.4, -0.2) is 17.0 Å². The molecule has 0 unspecified atom stereocenters. The van der Waals surface area contributed by atoms with Gasteiger partial charge in [-0.2, -0.15) is 4.98 Å². The Morgan fingerprint density at radius 1 is 1.32 bits per heavy atom. The molecule has 100 valence electrons. The number of aryl methyl sites for hydroxylation is 1. The van der Waals surface area contributed by atoms with Gasteiger partial charge in [0.25, 0.3) is 0 Å². The largest absolute Gasteiger partial charge is 0.436 e. The van der Waals surface area contributed by atoms with Crippen LogP contribution in [0.5, 0.6) is 11.6 Å². The molecule has 2 rings (SSSR count). The maximum atomic E-state index is 13.6. The third kappa shape index (κ3) is 3.41. The SMILES string of the molecule is CCc1nc(NC)cc(Oc2cc(Br)ccc2F)n1. The van der Waals surface area contributed by atoms with Crippen LogP contribution >= 0.6 is 15.9 Å². The first kappa shape index (κ1) is 13.7. The zero-order valence-electron chi connectivity index (χ0n) is 10.6. The van der Waals surface area contributed by atoms with E-state index in [2.05, 4.69) is 31.2 Å². The number of anilines is 1. The van der Waals surface area contributed by atoms with Crippen molar-refractivity contribution in [3.05, 3.63) is 40.4 Å². The van der Waals surface area contributed by atoms with Gasteiger partial charge in [0, 0.05) is 24.0 Å². The molecule has 6 heteroatoms. The molecule has 0 amide bonds. The van der Waals surface area contributed by atoms with E-state index in [4.69, 9.17) is 4.74 Å². The van der Waals surface area contributed by atoms with Gasteiger partial charge in [-0.15, -0.1) is 0 Å². The Balaban J connectivity index is 2.34. The molecular formula is C13H13BrFN3O. The molecule has 0 fully saturated rings. The van der Waals surface area contributed by atoms with Crippen LogP contribution in [0.4, 0.5) is 10.2 Å². The van der Waals surface area contributed by atoms with Gasteiger partial charge in [0.05, 0.1) is 0 Å². The number of aromatic nitrogens is 2. The van der Waals surface area contributed by atoms with E-state index in [-0.39, 0.29) is 5.75 Å². The highest BCUT2D eigenvalue weighted by Crippen LogP contribution is 2.27. The van der Waals surface area contributed by atoms with E-state index in [9.17, 15) is 4.39 Å². The fourth-order valence-electron chi connectivity index (χ4n) is 1.48. The van der Waals surface area contributed by atoms with Crippen molar-refractivity contribution in [1.82, 2.24) is 9.97 Å². The van der Waals surface area contributed by atoms with E-state index in [1.165, 1.54) is 6.07 Å². The molecule has 4 nitrogen and oxygen atoms in total. The molecule has 1 aromatic heterocycles. The van der Waals surface area contributed by atoms with Crippen LogP contribution in [0, 0.1) is 5.82 Å². The minimum Gasteiger partial charge on any atom is -0.436 e. The third-order valence-corrected chi connectivity index (χ3v) is 2.92. The molecule has 19 heavy (non-hydrogen) atoms. The van der Waals surface area contributed by atoms with Gasteiger partial charge in [-0.25, -0.2) is 9.37 Å². The van der Waals surface area contributed by atoms with Gasteiger partial charge in [-0.1, -0.05) is 22.9 Å². The molecule has 0 aliphatic heterocycles. The summed E-state index contributed by atoms with van der Waals surface area (Å²) in [6.07, 6.45) is 0.673. The first-order chi connectivity index (χ1) is 9.12. The summed E-state index contributed by atoms with van der Waals surface area (Å²) >= 11 is 3.27. The quantitative estimate of drug-likeness (QED) is 0.929. The number of rotatable bonds is 4. The Morgan fingerprint density at radius 3 is 2.79 bits per heavy atom. The normalized spacial score (nSPS) is 10.3. The minimum atomic E-state index is -0.439. The van der Waals surface area contributed by atoms with E-state index in [0.717, 1.165) is 4.47 Å². The summed E-state index contributed by atoms with van der Waals surface area (Å²) < 4.78 is 19.8. The number of nitrogens with zero attached hydrogens (tertiary/aromatic N) is 2. The van der Waals surface area contributed by atoms with Crippen molar-refractivity contribution in [3.8, 4) is 11.6 Å². The zero-order chi connectivity index (χ0) is 13.8. The van der Waals surface area contributed by atoms with Crippen molar-refractivity contribution in [3.63, 3.8) is 0 Å². The van der Waals surface area contributed by atoms with E-state index in [0.29, 0.717) is 23.9 Å². The lowest BCUT2D eigenvalue weighted by Gasteiger charge is -2.09. The lowest BCUT2D eigenvalue weighted by Crippen LogP contribution is -2.01. The van der Waals surface area contributed by atoms with Crippen LogP contribution in [0.2, 0.25) is 0 Å². The van der Waals surface area contributed by atoms with Gasteiger partial charge in [0.1, 0.15) is 11.6 Å². The Bertz CT molecular complexity index is 570. The Labute approximate surface area is 119 Å². The molecule has 0 radical (unpaired) electrons. The van der Waals surface area contributed by atoms with E-state index >= 15 is 0 Å². The van der Waals surface area contributed by atoms with E-state index < -0.39 is 5.82 Å². The summed E-state index contributed by atoms with van der Waals surface area (Å²) in [7, 11) is 1.76. The molecule has 0 bridgehead atoms. The van der Waals surface area contributed by atoms with Crippen LogP contribution in [0.15, 0.2) is 28.7 Å². The molecule has 0 atom stereocenters. The summed E-state index contributed by atoms with van der Waals surface area (Å²) in [6.45, 7) is 1.94. The summed E-state index contributed by atoms with van der Waals surface area (Å²) in [6, 6.07) is 6.13. The van der Waals surface area contributed by atoms with Crippen molar-refractivity contribution < 1.29 is 9.13 Å². The zero-order valence-corrected chi connectivity index (χ0v) is 12.2. The van der Waals surface area contributed by atoms with Gasteiger partial charge < -0.3 is 10.1 Å². The van der Waals surface area contributed by atoms with Crippen molar-refractivity contribution in [1.29, 1.82) is 0 Å². The second kappa shape index (κ2) is 5.97. The van der Waals surface area contributed by atoms with Crippen molar-refractivity contribution in [2.75, 3.05) is 12.4 Å². The monoisotopic (exact) mass is 325 g/mol. The third-order valence-electron chi connectivity index (χ3n) is 2.43. The highest BCUT2D eigenvalue weighted by Gasteiger charge is 2.09. The Hall–Kier alpha value is -1.69. The molecule has 1 aromatic carbocycles. The second-order valence-corrected chi connectivity index (χ2v) is 4.70. The van der Waals surface area contributed by atoms with Gasteiger partial charge in [0.2, 0.25) is 5.88 Å². The predicted molar refractivity (Wildman–Crippen MR) is 75.1 cm³/mol. The topological polar surface area (TPSA) is 47.0 Å². The average molecular weight is 326 g/mol. The fraction of sp³-hybridized carbons (Fsp3) is 0.231. The van der Waals surface area contributed by atoms with E-state index in [1.54, 1.807) is 25.2 Å². The molecule has 0 spiro atoms. The number of hydrogen-bond donors (Lipinski definition) is 1. The molecular weight excluding hydrogens is 313 g/mol. The van der Waals surface area contributed by atoms with Gasteiger partial charge in [0.15, 0.2) is 11.6 Å².